The second-order valence-electron chi connectivity index (χ2n) is 6.90. The maximum atomic E-state index is 5.90. The lowest BCUT2D eigenvalue weighted by molar-refractivity contribution is -0.00587. The van der Waals surface area contributed by atoms with Crippen LogP contribution in [0, 0.1) is 23.7 Å². The SMILES string of the molecule is CCn1nnc(CN)c1C1C2CC3CC(C2)CC1C3. The Labute approximate surface area is 114 Å². The van der Waals surface area contributed by atoms with Crippen molar-refractivity contribution < 1.29 is 0 Å². The first-order valence-corrected chi connectivity index (χ1v) is 7.92. The normalized spacial score (nSPS) is 40.0. The third-order valence-corrected chi connectivity index (χ3v) is 5.88. The molecule has 4 bridgehead atoms. The highest BCUT2D eigenvalue weighted by molar-refractivity contribution is 5.21. The van der Waals surface area contributed by atoms with Gasteiger partial charge in [0.2, 0.25) is 0 Å². The molecule has 4 aliphatic carbocycles. The Bertz CT molecular complexity index is 429. The Hall–Kier alpha value is -0.900. The Kier molecular flexibility index (Phi) is 2.69. The summed E-state index contributed by atoms with van der Waals surface area (Å²) in [4.78, 5) is 0. The average Bonchev–Trinajstić information content (AvgIpc) is 2.80. The van der Waals surface area contributed by atoms with Crippen molar-refractivity contribution in [3.63, 3.8) is 0 Å². The van der Waals surface area contributed by atoms with Gasteiger partial charge in [0.25, 0.3) is 0 Å². The molecule has 1 aromatic rings. The smallest absolute Gasteiger partial charge is 0.0997 e. The van der Waals surface area contributed by atoms with E-state index in [2.05, 4.69) is 21.9 Å². The molecular formula is C15H24N4. The van der Waals surface area contributed by atoms with Crippen LogP contribution in [0.5, 0.6) is 0 Å². The van der Waals surface area contributed by atoms with Gasteiger partial charge in [0.15, 0.2) is 0 Å². The first-order chi connectivity index (χ1) is 9.30. The summed E-state index contributed by atoms with van der Waals surface area (Å²) in [5.74, 6) is 4.49. The highest BCUT2D eigenvalue weighted by atomic mass is 15.4. The summed E-state index contributed by atoms with van der Waals surface area (Å²) in [6, 6.07) is 0. The van der Waals surface area contributed by atoms with Gasteiger partial charge in [0, 0.05) is 19.0 Å². The van der Waals surface area contributed by atoms with E-state index in [4.69, 9.17) is 5.73 Å². The van der Waals surface area contributed by atoms with Gasteiger partial charge in [-0.3, -0.25) is 0 Å². The zero-order chi connectivity index (χ0) is 13.0. The lowest BCUT2D eigenvalue weighted by atomic mass is 9.51. The van der Waals surface area contributed by atoms with Crippen LogP contribution in [0.25, 0.3) is 0 Å². The zero-order valence-corrected chi connectivity index (χ0v) is 11.8. The molecule has 5 rings (SSSR count). The number of aryl methyl sites for hydroxylation is 1. The first kappa shape index (κ1) is 11.9. The second kappa shape index (κ2) is 4.30. The van der Waals surface area contributed by atoms with E-state index < -0.39 is 0 Å². The van der Waals surface area contributed by atoms with Gasteiger partial charge in [0.1, 0.15) is 0 Å². The molecule has 0 spiro atoms. The molecule has 0 unspecified atom stereocenters. The summed E-state index contributed by atoms with van der Waals surface area (Å²) in [7, 11) is 0. The van der Waals surface area contributed by atoms with E-state index in [0.29, 0.717) is 12.5 Å². The van der Waals surface area contributed by atoms with Gasteiger partial charge >= 0.3 is 0 Å². The van der Waals surface area contributed by atoms with Crippen molar-refractivity contribution >= 4 is 0 Å². The monoisotopic (exact) mass is 260 g/mol. The lowest BCUT2D eigenvalue weighted by Gasteiger charge is -2.54. The van der Waals surface area contributed by atoms with Gasteiger partial charge in [-0.2, -0.15) is 0 Å². The largest absolute Gasteiger partial charge is 0.325 e. The minimum atomic E-state index is 0.540. The predicted molar refractivity (Wildman–Crippen MR) is 73.4 cm³/mol. The molecule has 4 fully saturated rings. The lowest BCUT2D eigenvalue weighted by Crippen LogP contribution is -2.44. The Morgan fingerprint density at radius 2 is 1.74 bits per heavy atom. The molecule has 0 atom stereocenters. The van der Waals surface area contributed by atoms with E-state index in [1.807, 2.05) is 0 Å². The molecule has 0 saturated heterocycles. The summed E-state index contributed by atoms with van der Waals surface area (Å²) in [5.41, 5.74) is 8.34. The third-order valence-electron chi connectivity index (χ3n) is 5.88. The van der Waals surface area contributed by atoms with Crippen molar-refractivity contribution in [3.8, 4) is 0 Å². The molecule has 4 aliphatic rings. The average molecular weight is 260 g/mol. The van der Waals surface area contributed by atoms with Crippen molar-refractivity contribution in [1.29, 1.82) is 0 Å². The van der Waals surface area contributed by atoms with Crippen LogP contribution in [0.4, 0.5) is 0 Å². The van der Waals surface area contributed by atoms with Crippen LogP contribution in [-0.2, 0) is 13.1 Å². The quantitative estimate of drug-likeness (QED) is 0.907. The van der Waals surface area contributed by atoms with E-state index in [0.717, 1.165) is 35.9 Å². The first-order valence-electron chi connectivity index (χ1n) is 7.92. The molecule has 4 saturated carbocycles. The molecule has 0 aliphatic heterocycles. The molecule has 19 heavy (non-hydrogen) atoms. The number of rotatable bonds is 3. The molecular weight excluding hydrogens is 236 g/mol. The zero-order valence-electron chi connectivity index (χ0n) is 11.8. The van der Waals surface area contributed by atoms with Gasteiger partial charge < -0.3 is 5.73 Å². The summed E-state index contributed by atoms with van der Waals surface area (Å²) in [6.07, 6.45) is 7.27. The van der Waals surface area contributed by atoms with Crippen molar-refractivity contribution in [2.24, 2.45) is 29.4 Å². The standard InChI is InChI=1S/C15H24N4/c1-2-19-15(13(8-16)17-18-19)14-11-4-9-3-10(6-11)7-12(14)5-9/h9-12,14H,2-8,16H2,1H3. The summed E-state index contributed by atoms with van der Waals surface area (Å²) in [5, 5.41) is 8.65. The van der Waals surface area contributed by atoms with E-state index in [9.17, 15) is 0 Å². The fourth-order valence-corrected chi connectivity index (χ4v) is 5.47. The fourth-order valence-electron chi connectivity index (χ4n) is 5.47. The van der Waals surface area contributed by atoms with Crippen LogP contribution in [-0.4, -0.2) is 15.0 Å². The minimum Gasteiger partial charge on any atom is -0.325 e. The summed E-state index contributed by atoms with van der Waals surface area (Å²) in [6.45, 7) is 3.62. The van der Waals surface area contributed by atoms with Gasteiger partial charge in [-0.1, -0.05) is 5.21 Å². The minimum absolute atomic E-state index is 0.540. The maximum Gasteiger partial charge on any atom is 0.0997 e. The van der Waals surface area contributed by atoms with Gasteiger partial charge in [-0.25, -0.2) is 4.68 Å². The molecule has 0 radical (unpaired) electrons. The Morgan fingerprint density at radius 3 is 2.26 bits per heavy atom. The van der Waals surface area contributed by atoms with Crippen LogP contribution in [0.1, 0.15) is 56.3 Å². The van der Waals surface area contributed by atoms with Gasteiger partial charge in [-0.15, -0.1) is 5.10 Å². The molecule has 0 aromatic carbocycles. The topological polar surface area (TPSA) is 56.7 Å². The molecule has 4 heteroatoms. The van der Waals surface area contributed by atoms with Gasteiger partial charge in [-0.05, 0) is 62.7 Å². The number of aromatic nitrogens is 3. The van der Waals surface area contributed by atoms with Crippen molar-refractivity contribution in [2.75, 3.05) is 0 Å². The molecule has 0 amide bonds. The van der Waals surface area contributed by atoms with Crippen molar-refractivity contribution in [1.82, 2.24) is 15.0 Å². The van der Waals surface area contributed by atoms with Crippen LogP contribution in [0.3, 0.4) is 0 Å². The Balaban J connectivity index is 1.74. The number of nitrogens with zero attached hydrogens (tertiary/aromatic N) is 3. The molecule has 104 valence electrons. The van der Waals surface area contributed by atoms with E-state index in [1.165, 1.54) is 37.8 Å². The van der Waals surface area contributed by atoms with Gasteiger partial charge in [0.05, 0.1) is 11.4 Å². The van der Waals surface area contributed by atoms with E-state index >= 15 is 0 Å². The van der Waals surface area contributed by atoms with Crippen molar-refractivity contribution in [3.05, 3.63) is 11.4 Å². The number of hydrogen-bond donors (Lipinski definition) is 1. The molecule has 1 heterocycles. The van der Waals surface area contributed by atoms with Crippen LogP contribution in [0.2, 0.25) is 0 Å². The summed E-state index contributed by atoms with van der Waals surface area (Å²) >= 11 is 0. The predicted octanol–water partition coefficient (Wildman–Crippen LogP) is 2.30. The highest BCUT2D eigenvalue weighted by Gasteiger charge is 2.50. The van der Waals surface area contributed by atoms with E-state index in [1.54, 1.807) is 0 Å². The second-order valence-corrected chi connectivity index (χ2v) is 6.90. The van der Waals surface area contributed by atoms with Crippen molar-refractivity contribution in [2.45, 2.75) is 58.0 Å². The number of nitrogens with two attached hydrogens (primary N) is 1. The molecule has 2 N–H and O–H groups in total. The number of hydrogen-bond acceptors (Lipinski definition) is 3. The van der Waals surface area contributed by atoms with Crippen LogP contribution >= 0.6 is 0 Å². The van der Waals surface area contributed by atoms with Crippen LogP contribution < -0.4 is 5.73 Å². The highest BCUT2D eigenvalue weighted by Crippen LogP contribution is 2.59. The fraction of sp³-hybridized carbons (Fsp3) is 0.867. The van der Waals surface area contributed by atoms with E-state index in [-0.39, 0.29) is 0 Å². The third kappa shape index (κ3) is 1.69. The molecule has 4 nitrogen and oxygen atoms in total. The van der Waals surface area contributed by atoms with Crippen LogP contribution in [0.15, 0.2) is 0 Å². The maximum absolute atomic E-state index is 5.90. The molecule has 1 aromatic heterocycles. The summed E-state index contributed by atoms with van der Waals surface area (Å²) < 4.78 is 2.12. The Morgan fingerprint density at radius 1 is 1.11 bits per heavy atom.